The van der Waals surface area contributed by atoms with Crippen LogP contribution in [0.4, 0.5) is 5.82 Å². The number of rotatable bonds is 2. The molecule has 0 saturated carbocycles. The summed E-state index contributed by atoms with van der Waals surface area (Å²) in [7, 11) is 1.77. The van der Waals surface area contributed by atoms with Crippen LogP contribution in [-0.2, 0) is 7.05 Å². The molecular weight excluding hydrogens is 261 g/mol. The summed E-state index contributed by atoms with van der Waals surface area (Å²) < 4.78 is 1.60. The van der Waals surface area contributed by atoms with Crippen molar-refractivity contribution < 1.29 is 4.79 Å². The van der Waals surface area contributed by atoms with Crippen LogP contribution in [0.25, 0.3) is 0 Å². The van der Waals surface area contributed by atoms with Crippen molar-refractivity contribution in [2.24, 2.45) is 7.05 Å². The van der Waals surface area contributed by atoms with Gasteiger partial charge in [-0.25, -0.2) is 0 Å². The number of hydrogen-bond acceptors (Lipinski definition) is 2. The molecule has 2 rings (SSSR count). The van der Waals surface area contributed by atoms with E-state index in [4.69, 9.17) is 23.2 Å². The Morgan fingerprint density at radius 3 is 2.65 bits per heavy atom. The molecule has 0 saturated heterocycles. The highest BCUT2D eigenvalue weighted by atomic mass is 35.5. The zero-order valence-electron chi connectivity index (χ0n) is 8.95. The second-order valence-corrected chi connectivity index (χ2v) is 4.27. The van der Waals surface area contributed by atoms with Gasteiger partial charge in [0, 0.05) is 24.9 Å². The second kappa shape index (κ2) is 4.77. The summed E-state index contributed by atoms with van der Waals surface area (Å²) in [6.45, 7) is 0. The first-order chi connectivity index (χ1) is 8.06. The number of hydrogen-bond donors (Lipinski definition) is 1. The summed E-state index contributed by atoms with van der Waals surface area (Å²) in [6, 6.07) is 6.40. The number of anilines is 1. The SMILES string of the molecule is Cn1ccc(NC(=O)c2ccc(Cl)c(Cl)c2)n1. The van der Waals surface area contributed by atoms with Crippen LogP contribution >= 0.6 is 23.2 Å². The van der Waals surface area contributed by atoms with Gasteiger partial charge in [-0.1, -0.05) is 23.2 Å². The van der Waals surface area contributed by atoms with Crippen molar-refractivity contribution in [2.75, 3.05) is 5.32 Å². The van der Waals surface area contributed by atoms with Crippen LogP contribution in [0, 0.1) is 0 Å². The molecule has 0 unspecified atom stereocenters. The number of aryl methyl sites for hydroxylation is 1. The molecule has 0 atom stereocenters. The van der Waals surface area contributed by atoms with Crippen molar-refractivity contribution in [3.8, 4) is 0 Å². The minimum absolute atomic E-state index is 0.276. The van der Waals surface area contributed by atoms with Crippen molar-refractivity contribution in [1.29, 1.82) is 0 Å². The van der Waals surface area contributed by atoms with Crippen LogP contribution in [0.3, 0.4) is 0 Å². The quantitative estimate of drug-likeness (QED) is 0.911. The summed E-state index contributed by atoms with van der Waals surface area (Å²) in [5, 5.41) is 7.46. The van der Waals surface area contributed by atoms with Crippen molar-refractivity contribution in [2.45, 2.75) is 0 Å². The minimum atomic E-state index is -0.276. The molecule has 2 aromatic rings. The number of halogens is 2. The molecule has 0 aliphatic rings. The van der Waals surface area contributed by atoms with E-state index in [0.29, 0.717) is 21.4 Å². The van der Waals surface area contributed by atoms with Crippen LogP contribution in [-0.4, -0.2) is 15.7 Å². The third-order valence-corrected chi connectivity index (χ3v) is 2.88. The highest BCUT2D eigenvalue weighted by molar-refractivity contribution is 6.42. The first kappa shape index (κ1) is 12.0. The van der Waals surface area contributed by atoms with Crippen LogP contribution in [0.2, 0.25) is 10.0 Å². The van der Waals surface area contributed by atoms with Gasteiger partial charge in [-0.2, -0.15) is 5.10 Å². The maximum atomic E-state index is 11.8. The Balaban J connectivity index is 2.17. The Labute approximate surface area is 108 Å². The summed E-state index contributed by atoms with van der Waals surface area (Å²) >= 11 is 11.6. The summed E-state index contributed by atoms with van der Waals surface area (Å²) in [5.74, 6) is 0.214. The van der Waals surface area contributed by atoms with Gasteiger partial charge < -0.3 is 5.32 Å². The fourth-order valence-electron chi connectivity index (χ4n) is 1.31. The van der Waals surface area contributed by atoms with Crippen molar-refractivity contribution in [1.82, 2.24) is 9.78 Å². The maximum Gasteiger partial charge on any atom is 0.256 e. The molecule has 0 bridgehead atoms. The average Bonchev–Trinajstić information content (AvgIpc) is 2.68. The lowest BCUT2D eigenvalue weighted by atomic mass is 10.2. The molecule has 17 heavy (non-hydrogen) atoms. The average molecular weight is 270 g/mol. The topological polar surface area (TPSA) is 46.9 Å². The molecule has 0 fully saturated rings. The van der Waals surface area contributed by atoms with E-state index < -0.39 is 0 Å². The Hall–Kier alpha value is -1.52. The highest BCUT2D eigenvalue weighted by Gasteiger charge is 2.09. The van der Waals surface area contributed by atoms with Gasteiger partial charge in [0.05, 0.1) is 10.0 Å². The lowest BCUT2D eigenvalue weighted by Gasteiger charge is -2.03. The molecular formula is C11H9Cl2N3O. The molecule has 0 radical (unpaired) electrons. The molecule has 4 nitrogen and oxygen atoms in total. The number of carbonyl (C=O) groups excluding carboxylic acids is 1. The molecule has 6 heteroatoms. The van der Waals surface area contributed by atoms with E-state index in [1.807, 2.05) is 0 Å². The molecule has 1 N–H and O–H groups in total. The van der Waals surface area contributed by atoms with Gasteiger partial charge in [0.25, 0.3) is 5.91 Å². The number of nitrogens with one attached hydrogen (secondary N) is 1. The predicted octanol–water partition coefficient (Wildman–Crippen LogP) is 2.98. The zero-order valence-corrected chi connectivity index (χ0v) is 10.5. The molecule has 1 aromatic heterocycles. The van der Waals surface area contributed by atoms with Crippen LogP contribution < -0.4 is 5.32 Å². The van der Waals surface area contributed by atoms with Gasteiger partial charge in [0.15, 0.2) is 5.82 Å². The molecule has 1 amide bonds. The van der Waals surface area contributed by atoms with Gasteiger partial charge >= 0.3 is 0 Å². The lowest BCUT2D eigenvalue weighted by molar-refractivity contribution is 0.102. The maximum absolute atomic E-state index is 11.8. The standard InChI is InChI=1S/C11H9Cl2N3O/c1-16-5-4-10(15-16)14-11(17)7-2-3-8(12)9(13)6-7/h2-6H,1H3,(H,14,15,17). The third-order valence-electron chi connectivity index (χ3n) is 2.14. The fraction of sp³-hybridized carbons (Fsp3) is 0.0909. The summed E-state index contributed by atoms with van der Waals surface area (Å²) in [6.07, 6.45) is 1.74. The largest absolute Gasteiger partial charge is 0.305 e. The first-order valence-corrected chi connectivity index (χ1v) is 5.58. The van der Waals surface area contributed by atoms with Gasteiger partial charge in [-0.15, -0.1) is 0 Å². The van der Waals surface area contributed by atoms with Gasteiger partial charge in [-0.05, 0) is 18.2 Å². The Morgan fingerprint density at radius 2 is 2.06 bits per heavy atom. The predicted molar refractivity (Wildman–Crippen MR) is 67.6 cm³/mol. The van der Waals surface area contributed by atoms with Crippen LogP contribution in [0.5, 0.6) is 0 Å². The summed E-state index contributed by atoms with van der Waals surface area (Å²) in [4.78, 5) is 11.8. The molecule has 0 aliphatic heterocycles. The smallest absolute Gasteiger partial charge is 0.256 e. The highest BCUT2D eigenvalue weighted by Crippen LogP contribution is 2.22. The van der Waals surface area contributed by atoms with E-state index in [1.54, 1.807) is 36.1 Å². The molecule has 1 aromatic carbocycles. The van der Waals surface area contributed by atoms with Gasteiger partial charge in [-0.3, -0.25) is 9.48 Å². The van der Waals surface area contributed by atoms with Crippen molar-refractivity contribution in [3.05, 3.63) is 46.1 Å². The van der Waals surface area contributed by atoms with Gasteiger partial charge in [0.1, 0.15) is 0 Å². The first-order valence-electron chi connectivity index (χ1n) is 4.82. The third kappa shape index (κ3) is 2.78. The number of nitrogens with zero attached hydrogens (tertiary/aromatic N) is 2. The molecule has 88 valence electrons. The Bertz CT molecular complexity index is 566. The van der Waals surface area contributed by atoms with E-state index in [2.05, 4.69) is 10.4 Å². The number of benzene rings is 1. The number of carbonyl (C=O) groups is 1. The number of amides is 1. The molecule has 0 aliphatic carbocycles. The van der Waals surface area contributed by atoms with Crippen molar-refractivity contribution >= 4 is 34.9 Å². The van der Waals surface area contributed by atoms with E-state index >= 15 is 0 Å². The Morgan fingerprint density at radius 1 is 1.29 bits per heavy atom. The van der Waals surface area contributed by atoms with Crippen LogP contribution in [0.1, 0.15) is 10.4 Å². The van der Waals surface area contributed by atoms with E-state index in [-0.39, 0.29) is 5.91 Å². The minimum Gasteiger partial charge on any atom is -0.305 e. The molecule has 1 heterocycles. The fourth-order valence-corrected chi connectivity index (χ4v) is 1.61. The normalized spacial score (nSPS) is 10.3. The Kier molecular flexibility index (Phi) is 3.36. The van der Waals surface area contributed by atoms with Gasteiger partial charge in [0.2, 0.25) is 0 Å². The van der Waals surface area contributed by atoms with E-state index in [1.165, 1.54) is 6.07 Å². The second-order valence-electron chi connectivity index (χ2n) is 3.46. The van der Waals surface area contributed by atoms with Crippen LogP contribution in [0.15, 0.2) is 30.5 Å². The zero-order chi connectivity index (χ0) is 12.4. The lowest BCUT2D eigenvalue weighted by Crippen LogP contribution is -2.12. The summed E-state index contributed by atoms with van der Waals surface area (Å²) in [5.41, 5.74) is 0.435. The monoisotopic (exact) mass is 269 g/mol. The van der Waals surface area contributed by atoms with Crippen molar-refractivity contribution in [3.63, 3.8) is 0 Å². The van der Waals surface area contributed by atoms with E-state index in [9.17, 15) is 4.79 Å². The number of aromatic nitrogens is 2. The molecule has 0 spiro atoms. The van der Waals surface area contributed by atoms with E-state index in [0.717, 1.165) is 0 Å².